The van der Waals surface area contributed by atoms with Crippen LogP contribution in [0, 0.1) is 0 Å². The molecule has 0 spiro atoms. The molecule has 0 aliphatic carbocycles. The van der Waals surface area contributed by atoms with Gasteiger partial charge in [-0.1, -0.05) is 6.92 Å². The topological polar surface area (TPSA) is 41.6 Å². The van der Waals surface area contributed by atoms with Crippen molar-refractivity contribution in [3.8, 4) is 5.75 Å². The lowest BCUT2D eigenvalue weighted by molar-refractivity contribution is 0.0698. The summed E-state index contributed by atoms with van der Waals surface area (Å²) in [4.78, 5) is 14.4. The molecule has 1 fully saturated rings. The maximum absolute atomic E-state index is 12.5. The van der Waals surface area contributed by atoms with Gasteiger partial charge >= 0.3 is 0 Å². The second-order valence-electron chi connectivity index (χ2n) is 5.74. The molecule has 2 unspecified atom stereocenters. The van der Waals surface area contributed by atoms with Crippen molar-refractivity contribution in [1.82, 2.24) is 10.2 Å². The van der Waals surface area contributed by atoms with Gasteiger partial charge in [0.05, 0.1) is 6.10 Å². The zero-order valence-electron chi connectivity index (χ0n) is 13.7. The Labute approximate surface area is 139 Å². The Bertz CT molecular complexity index is 464. The van der Waals surface area contributed by atoms with Crippen LogP contribution >= 0.6 is 12.4 Å². The third-order valence-electron chi connectivity index (χ3n) is 4.13. The van der Waals surface area contributed by atoms with E-state index in [-0.39, 0.29) is 24.4 Å². The van der Waals surface area contributed by atoms with E-state index in [9.17, 15) is 4.79 Å². The number of nitrogens with zero attached hydrogens (tertiary/aromatic N) is 1. The molecule has 1 amide bonds. The Balaban J connectivity index is 0.00000242. The van der Waals surface area contributed by atoms with Gasteiger partial charge in [-0.2, -0.15) is 0 Å². The summed E-state index contributed by atoms with van der Waals surface area (Å²) >= 11 is 0. The van der Waals surface area contributed by atoms with Gasteiger partial charge in [-0.15, -0.1) is 12.4 Å². The van der Waals surface area contributed by atoms with Gasteiger partial charge < -0.3 is 15.0 Å². The third kappa shape index (κ3) is 4.89. The van der Waals surface area contributed by atoms with Gasteiger partial charge in [0.25, 0.3) is 5.91 Å². The molecule has 2 rings (SSSR count). The molecule has 0 aromatic heterocycles. The minimum absolute atomic E-state index is 0. The zero-order chi connectivity index (χ0) is 15.2. The molecule has 5 heteroatoms. The Morgan fingerprint density at radius 3 is 2.68 bits per heavy atom. The summed E-state index contributed by atoms with van der Waals surface area (Å²) < 4.78 is 5.74. The number of amides is 1. The maximum atomic E-state index is 12.5. The Morgan fingerprint density at radius 2 is 2.09 bits per heavy atom. The molecule has 2 atom stereocenters. The van der Waals surface area contributed by atoms with Crippen molar-refractivity contribution in [3.05, 3.63) is 29.8 Å². The first kappa shape index (κ1) is 18.8. The molecule has 1 aliphatic heterocycles. The summed E-state index contributed by atoms with van der Waals surface area (Å²) in [6.45, 7) is 5.78. The Kier molecular flexibility index (Phi) is 7.69. The number of hydrogen-bond acceptors (Lipinski definition) is 3. The van der Waals surface area contributed by atoms with Crippen molar-refractivity contribution in [2.45, 2.75) is 45.3 Å². The lowest BCUT2D eigenvalue weighted by atomic mass is 10.0. The van der Waals surface area contributed by atoms with E-state index in [2.05, 4.69) is 12.2 Å². The number of carbonyl (C=O) groups excluding carboxylic acids is 1. The van der Waals surface area contributed by atoms with E-state index in [1.807, 2.05) is 43.1 Å². The zero-order valence-corrected chi connectivity index (χ0v) is 14.5. The lowest BCUT2D eigenvalue weighted by Gasteiger charge is -2.32. The minimum Gasteiger partial charge on any atom is -0.491 e. The summed E-state index contributed by atoms with van der Waals surface area (Å²) in [6.07, 6.45) is 3.37. The highest BCUT2D eigenvalue weighted by Crippen LogP contribution is 2.18. The van der Waals surface area contributed by atoms with E-state index in [4.69, 9.17) is 4.74 Å². The second kappa shape index (κ2) is 9.01. The summed E-state index contributed by atoms with van der Waals surface area (Å²) in [5.41, 5.74) is 0.739. The van der Waals surface area contributed by atoms with Crippen LogP contribution in [-0.4, -0.2) is 43.1 Å². The maximum Gasteiger partial charge on any atom is 0.253 e. The van der Waals surface area contributed by atoms with Gasteiger partial charge in [0, 0.05) is 24.7 Å². The van der Waals surface area contributed by atoms with Gasteiger partial charge in [-0.25, -0.2) is 0 Å². The molecule has 1 saturated heterocycles. The highest BCUT2D eigenvalue weighted by molar-refractivity contribution is 5.94. The predicted octanol–water partition coefficient (Wildman–Crippen LogP) is 3.11. The first-order valence-electron chi connectivity index (χ1n) is 7.87. The number of ether oxygens (including phenoxy) is 1. The van der Waals surface area contributed by atoms with Gasteiger partial charge in [-0.3, -0.25) is 4.79 Å². The molecular weight excluding hydrogens is 300 g/mol. The second-order valence-corrected chi connectivity index (χ2v) is 5.74. The SMILES string of the molecule is CCC(C)Oc1ccc(C(=O)N2CCCC(NC)C2)cc1.Cl. The molecule has 1 aliphatic rings. The third-order valence-corrected chi connectivity index (χ3v) is 4.13. The highest BCUT2D eigenvalue weighted by Gasteiger charge is 2.23. The quantitative estimate of drug-likeness (QED) is 0.904. The normalized spacial score (nSPS) is 19.2. The molecule has 1 aromatic rings. The summed E-state index contributed by atoms with van der Waals surface area (Å²) in [5, 5.41) is 3.26. The number of hydrogen-bond donors (Lipinski definition) is 1. The van der Waals surface area contributed by atoms with Gasteiger partial charge in [-0.05, 0) is 57.5 Å². The molecule has 124 valence electrons. The van der Waals surface area contributed by atoms with Crippen molar-refractivity contribution in [3.63, 3.8) is 0 Å². The van der Waals surface area contributed by atoms with Crippen molar-refractivity contribution in [1.29, 1.82) is 0 Å². The molecule has 0 radical (unpaired) electrons. The number of rotatable bonds is 5. The fraction of sp³-hybridized carbons (Fsp3) is 0.588. The van der Waals surface area contributed by atoms with E-state index in [0.29, 0.717) is 6.04 Å². The van der Waals surface area contributed by atoms with Crippen LogP contribution in [0.3, 0.4) is 0 Å². The molecule has 4 nitrogen and oxygen atoms in total. The molecule has 0 bridgehead atoms. The molecular formula is C17H27ClN2O2. The van der Waals surface area contributed by atoms with Crippen LogP contribution in [0.1, 0.15) is 43.5 Å². The van der Waals surface area contributed by atoms with Crippen LogP contribution in [-0.2, 0) is 0 Å². The number of likely N-dealkylation sites (N-methyl/N-ethyl adjacent to an activating group) is 1. The van der Waals surface area contributed by atoms with Crippen LogP contribution in [0.2, 0.25) is 0 Å². The van der Waals surface area contributed by atoms with Crippen LogP contribution in [0.25, 0.3) is 0 Å². The smallest absolute Gasteiger partial charge is 0.253 e. The van der Waals surface area contributed by atoms with E-state index in [1.165, 1.54) is 0 Å². The summed E-state index contributed by atoms with van der Waals surface area (Å²) in [5.74, 6) is 0.942. The number of likely N-dealkylation sites (tertiary alicyclic amines) is 1. The first-order valence-corrected chi connectivity index (χ1v) is 7.87. The average Bonchev–Trinajstić information content (AvgIpc) is 2.54. The molecule has 0 saturated carbocycles. The molecule has 22 heavy (non-hydrogen) atoms. The van der Waals surface area contributed by atoms with Crippen molar-refractivity contribution >= 4 is 18.3 Å². The Morgan fingerprint density at radius 1 is 1.41 bits per heavy atom. The van der Waals surface area contributed by atoms with Crippen molar-refractivity contribution in [2.24, 2.45) is 0 Å². The number of carbonyl (C=O) groups is 1. The summed E-state index contributed by atoms with van der Waals surface area (Å²) in [6, 6.07) is 7.92. The fourth-order valence-electron chi connectivity index (χ4n) is 2.57. The first-order chi connectivity index (χ1) is 10.1. The molecule has 1 aromatic carbocycles. The van der Waals surface area contributed by atoms with Gasteiger partial charge in [0.15, 0.2) is 0 Å². The number of halogens is 1. The molecule has 1 heterocycles. The van der Waals surface area contributed by atoms with Crippen LogP contribution in [0.4, 0.5) is 0 Å². The largest absolute Gasteiger partial charge is 0.491 e. The van der Waals surface area contributed by atoms with Crippen LogP contribution < -0.4 is 10.1 Å². The van der Waals surface area contributed by atoms with Gasteiger partial charge in [0.2, 0.25) is 0 Å². The van der Waals surface area contributed by atoms with Gasteiger partial charge in [0.1, 0.15) is 5.75 Å². The Hall–Kier alpha value is -1.26. The average molecular weight is 327 g/mol. The van der Waals surface area contributed by atoms with E-state index in [1.54, 1.807) is 0 Å². The van der Waals surface area contributed by atoms with E-state index < -0.39 is 0 Å². The van der Waals surface area contributed by atoms with E-state index in [0.717, 1.165) is 43.7 Å². The number of nitrogens with one attached hydrogen (secondary N) is 1. The summed E-state index contributed by atoms with van der Waals surface area (Å²) in [7, 11) is 1.96. The van der Waals surface area contributed by atoms with E-state index >= 15 is 0 Å². The number of piperidine rings is 1. The number of benzene rings is 1. The van der Waals surface area contributed by atoms with Crippen molar-refractivity contribution in [2.75, 3.05) is 20.1 Å². The van der Waals surface area contributed by atoms with Crippen LogP contribution in [0.5, 0.6) is 5.75 Å². The van der Waals surface area contributed by atoms with Crippen molar-refractivity contribution < 1.29 is 9.53 Å². The lowest BCUT2D eigenvalue weighted by Crippen LogP contribution is -2.46. The predicted molar refractivity (Wildman–Crippen MR) is 92.1 cm³/mol. The highest BCUT2D eigenvalue weighted by atomic mass is 35.5. The van der Waals surface area contributed by atoms with Crippen LogP contribution in [0.15, 0.2) is 24.3 Å². The molecule has 1 N–H and O–H groups in total. The fourth-order valence-corrected chi connectivity index (χ4v) is 2.57. The standard InChI is InChI=1S/C17H26N2O2.ClH/c1-4-13(2)21-16-9-7-14(8-10-16)17(20)19-11-5-6-15(12-19)18-3;/h7-10,13,15,18H,4-6,11-12H2,1-3H3;1H. The monoisotopic (exact) mass is 326 g/mol. The minimum atomic E-state index is 0.